The zero-order valence-electron chi connectivity index (χ0n) is 12.6. The number of benzene rings is 2. The van der Waals surface area contributed by atoms with Crippen molar-refractivity contribution < 1.29 is 19.0 Å². The second kappa shape index (κ2) is 6.31. The summed E-state index contributed by atoms with van der Waals surface area (Å²) in [6.07, 6.45) is 0. The molecular weight excluding hydrogens is 268 g/mol. The van der Waals surface area contributed by atoms with Gasteiger partial charge in [0.1, 0.15) is 0 Å². The maximum atomic E-state index is 12.7. The highest BCUT2D eigenvalue weighted by molar-refractivity contribution is 6.12. The molecule has 0 N–H and O–H groups in total. The Hall–Kier alpha value is -2.49. The summed E-state index contributed by atoms with van der Waals surface area (Å²) in [5.41, 5.74) is 1.87. The molecule has 2 aromatic rings. The predicted molar refractivity (Wildman–Crippen MR) is 80.7 cm³/mol. The molecule has 0 unspecified atom stereocenters. The fraction of sp³-hybridized carbons (Fsp3) is 0.235. The Bertz CT molecular complexity index is 648. The van der Waals surface area contributed by atoms with Crippen molar-refractivity contribution in [2.75, 3.05) is 21.3 Å². The molecule has 2 rings (SSSR count). The fourth-order valence-electron chi connectivity index (χ4n) is 2.29. The quantitative estimate of drug-likeness (QED) is 0.791. The molecule has 21 heavy (non-hydrogen) atoms. The van der Waals surface area contributed by atoms with E-state index in [4.69, 9.17) is 14.2 Å². The molecule has 0 saturated carbocycles. The molecule has 0 aliphatic carbocycles. The van der Waals surface area contributed by atoms with E-state index in [1.54, 1.807) is 25.3 Å². The summed E-state index contributed by atoms with van der Waals surface area (Å²) in [4.78, 5) is 12.7. The van der Waals surface area contributed by atoms with Gasteiger partial charge in [0.05, 0.1) is 26.9 Å². The second-order valence-electron chi connectivity index (χ2n) is 4.53. The third-order valence-electron chi connectivity index (χ3n) is 3.29. The van der Waals surface area contributed by atoms with Gasteiger partial charge in [0.15, 0.2) is 17.3 Å². The van der Waals surface area contributed by atoms with E-state index in [1.807, 2.05) is 25.1 Å². The zero-order valence-corrected chi connectivity index (χ0v) is 12.6. The van der Waals surface area contributed by atoms with Crippen molar-refractivity contribution in [3.63, 3.8) is 0 Å². The van der Waals surface area contributed by atoms with Gasteiger partial charge in [-0.15, -0.1) is 0 Å². The van der Waals surface area contributed by atoms with Gasteiger partial charge >= 0.3 is 0 Å². The molecule has 4 nitrogen and oxygen atoms in total. The van der Waals surface area contributed by atoms with E-state index in [-0.39, 0.29) is 5.78 Å². The smallest absolute Gasteiger partial charge is 0.204 e. The molecule has 0 amide bonds. The van der Waals surface area contributed by atoms with Crippen LogP contribution < -0.4 is 14.2 Å². The summed E-state index contributed by atoms with van der Waals surface area (Å²) < 4.78 is 16.0. The average molecular weight is 286 g/mol. The third-order valence-corrected chi connectivity index (χ3v) is 3.29. The summed E-state index contributed by atoms with van der Waals surface area (Å²) in [5.74, 6) is 1.25. The van der Waals surface area contributed by atoms with E-state index in [9.17, 15) is 4.79 Å². The van der Waals surface area contributed by atoms with E-state index in [1.165, 1.54) is 14.2 Å². The predicted octanol–water partition coefficient (Wildman–Crippen LogP) is 3.25. The van der Waals surface area contributed by atoms with Crippen molar-refractivity contribution in [2.24, 2.45) is 0 Å². The van der Waals surface area contributed by atoms with E-state index >= 15 is 0 Å². The molecule has 2 aromatic carbocycles. The Kier molecular flexibility index (Phi) is 4.48. The minimum absolute atomic E-state index is 0.106. The van der Waals surface area contributed by atoms with E-state index in [2.05, 4.69) is 0 Å². The standard InChI is InChI=1S/C17H18O4/c1-11-10-13(19-2)16(20-3)17(21-4)14(11)15(18)12-8-6-5-7-9-12/h5-10H,1-4H3. The molecule has 110 valence electrons. The molecule has 0 aliphatic rings. The number of rotatable bonds is 5. The Morgan fingerprint density at radius 1 is 0.905 bits per heavy atom. The van der Waals surface area contributed by atoms with Crippen LogP contribution >= 0.6 is 0 Å². The fourth-order valence-corrected chi connectivity index (χ4v) is 2.29. The van der Waals surface area contributed by atoms with Crippen LogP contribution in [0.1, 0.15) is 21.5 Å². The lowest BCUT2D eigenvalue weighted by molar-refractivity contribution is 0.103. The van der Waals surface area contributed by atoms with Crippen LogP contribution in [0.2, 0.25) is 0 Å². The number of ketones is 1. The number of hydrogen-bond donors (Lipinski definition) is 0. The van der Waals surface area contributed by atoms with E-state index in [0.717, 1.165) is 5.56 Å². The maximum absolute atomic E-state index is 12.7. The maximum Gasteiger partial charge on any atom is 0.204 e. The Morgan fingerprint density at radius 3 is 2.05 bits per heavy atom. The van der Waals surface area contributed by atoms with Crippen LogP contribution in [-0.4, -0.2) is 27.1 Å². The van der Waals surface area contributed by atoms with Crippen LogP contribution in [0.3, 0.4) is 0 Å². The van der Waals surface area contributed by atoms with Crippen molar-refractivity contribution in [2.45, 2.75) is 6.92 Å². The summed E-state index contributed by atoms with van der Waals surface area (Å²) in [7, 11) is 4.58. The van der Waals surface area contributed by atoms with Crippen LogP contribution in [0.4, 0.5) is 0 Å². The van der Waals surface area contributed by atoms with Crippen LogP contribution in [0, 0.1) is 6.92 Å². The van der Waals surface area contributed by atoms with Crippen LogP contribution in [-0.2, 0) is 0 Å². The highest BCUT2D eigenvalue weighted by Gasteiger charge is 2.24. The first kappa shape index (κ1) is 14.9. The molecule has 0 radical (unpaired) electrons. The topological polar surface area (TPSA) is 44.8 Å². The van der Waals surface area contributed by atoms with E-state index in [0.29, 0.717) is 28.4 Å². The lowest BCUT2D eigenvalue weighted by Gasteiger charge is -2.17. The number of carbonyl (C=O) groups excluding carboxylic acids is 1. The number of ether oxygens (including phenoxy) is 3. The van der Waals surface area contributed by atoms with Crippen molar-refractivity contribution >= 4 is 5.78 Å². The Morgan fingerprint density at radius 2 is 1.52 bits per heavy atom. The minimum atomic E-state index is -0.106. The van der Waals surface area contributed by atoms with Crippen molar-refractivity contribution in [3.05, 3.63) is 53.1 Å². The van der Waals surface area contributed by atoms with Crippen LogP contribution in [0.15, 0.2) is 36.4 Å². The number of carbonyl (C=O) groups is 1. The molecule has 0 fully saturated rings. The SMILES string of the molecule is COc1cc(C)c(C(=O)c2ccccc2)c(OC)c1OC. The van der Waals surface area contributed by atoms with Crippen molar-refractivity contribution in [1.82, 2.24) is 0 Å². The van der Waals surface area contributed by atoms with Crippen LogP contribution in [0.5, 0.6) is 17.2 Å². The summed E-state index contributed by atoms with van der Waals surface area (Å²) in [6, 6.07) is 10.9. The van der Waals surface area contributed by atoms with E-state index < -0.39 is 0 Å². The molecule has 4 heteroatoms. The first-order valence-corrected chi connectivity index (χ1v) is 6.53. The van der Waals surface area contributed by atoms with Crippen molar-refractivity contribution in [1.29, 1.82) is 0 Å². The molecule has 0 bridgehead atoms. The first-order valence-electron chi connectivity index (χ1n) is 6.53. The second-order valence-corrected chi connectivity index (χ2v) is 4.53. The third kappa shape index (κ3) is 2.70. The molecule has 0 aromatic heterocycles. The molecule has 0 heterocycles. The molecular formula is C17H18O4. The minimum Gasteiger partial charge on any atom is -0.493 e. The van der Waals surface area contributed by atoms with Crippen LogP contribution in [0.25, 0.3) is 0 Å². The molecule has 0 spiro atoms. The summed E-state index contributed by atoms with van der Waals surface area (Å²) in [6.45, 7) is 1.85. The van der Waals surface area contributed by atoms with Gasteiger partial charge in [0, 0.05) is 5.56 Å². The number of methoxy groups -OCH3 is 3. The Balaban J connectivity index is 2.66. The number of aryl methyl sites for hydroxylation is 1. The summed E-state index contributed by atoms with van der Waals surface area (Å²) in [5, 5.41) is 0. The average Bonchev–Trinajstić information content (AvgIpc) is 2.53. The van der Waals surface area contributed by atoms with Gasteiger partial charge < -0.3 is 14.2 Å². The van der Waals surface area contributed by atoms with Crippen molar-refractivity contribution in [3.8, 4) is 17.2 Å². The van der Waals surface area contributed by atoms with Gasteiger partial charge in [-0.1, -0.05) is 30.3 Å². The molecule has 0 aliphatic heterocycles. The van der Waals surface area contributed by atoms with Gasteiger partial charge in [0.2, 0.25) is 5.75 Å². The normalized spacial score (nSPS) is 10.1. The summed E-state index contributed by atoms with van der Waals surface area (Å²) >= 11 is 0. The monoisotopic (exact) mass is 286 g/mol. The first-order chi connectivity index (χ1) is 10.1. The largest absolute Gasteiger partial charge is 0.493 e. The lowest BCUT2D eigenvalue weighted by Crippen LogP contribution is -2.08. The highest BCUT2D eigenvalue weighted by Crippen LogP contribution is 2.42. The van der Waals surface area contributed by atoms with Gasteiger partial charge in [0.25, 0.3) is 0 Å². The van der Waals surface area contributed by atoms with Gasteiger partial charge in [-0.25, -0.2) is 0 Å². The zero-order chi connectivity index (χ0) is 15.4. The van der Waals surface area contributed by atoms with Gasteiger partial charge in [-0.2, -0.15) is 0 Å². The highest BCUT2D eigenvalue weighted by atomic mass is 16.5. The molecule has 0 saturated heterocycles. The van der Waals surface area contributed by atoms with Gasteiger partial charge in [-0.05, 0) is 18.6 Å². The van der Waals surface area contributed by atoms with Gasteiger partial charge in [-0.3, -0.25) is 4.79 Å². The lowest BCUT2D eigenvalue weighted by atomic mass is 9.97. The molecule has 0 atom stereocenters. The number of hydrogen-bond acceptors (Lipinski definition) is 4. The Labute approximate surface area is 124 Å².